The Bertz CT molecular complexity index is 659. The summed E-state index contributed by atoms with van der Waals surface area (Å²) in [5.74, 6) is -0.358. The maximum absolute atomic E-state index is 13.8. The minimum atomic E-state index is -0.234. The smallest absolute Gasteiger partial charge is 0.226 e. The molecule has 1 aromatic carbocycles. The quantitative estimate of drug-likeness (QED) is 0.840. The third-order valence-corrected chi connectivity index (χ3v) is 5.30. The molecule has 1 aliphatic heterocycles. The number of piperidine rings is 1. The lowest BCUT2D eigenvalue weighted by atomic mass is 9.96. The van der Waals surface area contributed by atoms with Gasteiger partial charge in [0.1, 0.15) is 10.8 Å². The molecule has 2 atom stereocenters. The van der Waals surface area contributed by atoms with Crippen LogP contribution in [0.25, 0.3) is 0 Å². The molecule has 2 heterocycles. The lowest BCUT2D eigenvalue weighted by Gasteiger charge is -2.36. The molecule has 1 aromatic heterocycles. The van der Waals surface area contributed by atoms with E-state index in [1.165, 1.54) is 6.07 Å². The molecule has 1 saturated heterocycles. The molecule has 1 fully saturated rings. The summed E-state index contributed by atoms with van der Waals surface area (Å²) in [5.41, 5.74) is 0.608. The van der Waals surface area contributed by atoms with Crippen molar-refractivity contribution in [3.8, 4) is 0 Å². The SMILES string of the molecule is C[C@H](Cc1ccccc1F)C(=O)N1CCCC[C@@H]1c1nccs1. The monoisotopic (exact) mass is 332 g/mol. The van der Waals surface area contributed by atoms with Gasteiger partial charge >= 0.3 is 0 Å². The number of hydrogen-bond acceptors (Lipinski definition) is 3. The van der Waals surface area contributed by atoms with E-state index in [9.17, 15) is 9.18 Å². The highest BCUT2D eigenvalue weighted by Crippen LogP contribution is 2.33. The van der Waals surface area contributed by atoms with Crippen molar-refractivity contribution in [2.45, 2.75) is 38.6 Å². The van der Waals surface area contributed by atoms with Crippen molar-refractivity contribution in [1.82, 2.24) is 9.88 Å². The first-order valence-electron chi connectivity index (χ1n) is 8.10. The second kappa shape index (κ2) is 7.21. The lowest BCUT2D eigenvalue weighted by molar-refractivity contribution is -0.139. The summed E-state index contributed by atoms with van der Waals surface area (Å²) in [6.07, 6.45) is 5.34. The molecule has 3 rings (SSSR count). The number of rotatable bonds is 4. The average Bonchev–Trinajstić information content (AvgIpc) is 3.10. The van der Waals surface area contributed by atoms with Gasteiger partial charge in [-0.05, 0) is 37.3 Å². The molecule has 122 valence electrons. The molecule has 1 amide bonds. The van der Waals surface area contributed by atoms with Crippen molar-refractivity contribution < 1.29 is 9.18 Å². The van der Waals surface area contributed by atoms with Crippen LogP contribution in [-0.2, 0) is 11.2 Å². The zero-order valence-corrected chi connectivity index (χ0v) is 14.1. The molecule has 0 bridgehead atoms. The van der Waals surface area contributed by atoms with Gasteiger partial charge in [-0.15, -0.1) is 11.3 Å². The largest absolute Gasteiger partial charge is 0.333 e. The topological polar surface area (TPSA) is 33.2 Å². The number of aromatic nitrogens is 1. The Morgan fingerprint density at radius 2 is 2.26 bits per heavy atom. The number of likely N-dealkylation sites (tertiary alicyclic amines) is 1. The van der Waals surface area contributed by atoms with E-state index in [0.29, 0.717) is 12.0 Å². The van der Waals surface area contributed by atoms with Gasteiger partial charge in [-0.3, -0.25) is 4.79 Å². The summed E-state index contributed by atoms with van der Waals surface area (Å²) >= 11 is 1.60. The third kappa shape index (κ3) is 3.61. The predicted molar refractivity (Wildman–Crippen MR) is 89.7 cm³/mol. The van der Waals surface area contributed by atoms with Crippen LogP contribution in [0.5, 0.6) is 0 Å². The van der Waals surface area contributed by atoms with Gasteiger partial charge < -0.3 is 4.90 Å². The van der Waals surface area contributed by atoms with E-state index >= 15 is 0 Å². The molecule has 23 heavy (non-hydrogen) atoms. The van der Waals surface area contributed by atoms with Crippen LogP contribution in [0, 0.1) is 11.7 Å². The number of thiazole rings is 1. The molecular weight excluding hydrogens is 311 g/mol. The van der Waals surface area contributed by atoms with Crippen LogP contribution in [0.1, 0.15) is 42.8 Å². The summed E-state index contributed by atoms with van der Waals surface area (Å²) in [6.45, 7) is 2.66. The van der Waals surface area contributed by atoms with Crippen LogP contribution in [0.15, 0.2) is 35.8 Å². The first-order valence-corrected chi connectivity index (χ1v) is 8.98. The summed E-state index contributed by atoms with van der Waals surface area (Å²) in [7, 11) is 0. The zero-order valence-electron chi connectivity index (χ0n) is 13.2. The first-order chi connectivity index (χ1) is 11.2. The van der Waals surface area contributed by atoms with E-state index in [-0.39, 0.29) is 23.7 Å². The molecule has 0 spiro atoms. The van der Waals surface area contributed by atoms with Crippen molar-refractivity contribution in [3.63, 3.8) is 0 Å². The highest BCUT2D eigenvalue weighted by Gasteiger charge is 2.32. The number of amides is 1. The number of carbonyl (C=O) groups is 1. The molecule has 0 aliphatic carbocycles. The van der Waals surface area contributed by atoms with E-state index < -0.39 is 0 Å². The van der Waals surface area contributed by atoms with Gasteiger partial charge in [-0.1, -0.05) is 25.1 Å². The van der Waals surface area contributed by atoms with E-state index in [4.69, 9.17) is 0 Å². The average molecular weight is 332 g/mol. The van der Waals surface area contributed by atoms with Crippen molar-refractivity contribution in [2.24, 2.45) is 5.92 Å². The van der Waals surface area contributed by atoms with Gasteiger partial charge in [0.2, 0.25) is 5.91 Å². The summed E-state index contributed by atoms with van der Waals surface area (Å²) in [5, 5.41) is 2.96. The Balaban J connectivity index is 1.73. The van der Waals surface area contributed by atoms with Gasteiger partial charge in [-0.25, -0.2) is 9.37 Å². The summed E-state index contributed by atoms with van der Waals surface area (Å²) in [6, 6.07) is 6.78. The molecular formula is C18H21FN2OS. The second-order valence-electron chi connectivity index (χ2n) is 6.11. The third-order valence-electron chi connectivity index (χ3n) is 4.43. The standard InChI is InChI=1S/C18H21FN2OS/c1-13(12-14-6-2-3-7-15(14)19)18(22)21-10-5-4-8-16(21)17-20-9-11-23-17/h2-3,6-7,9,11,13,16H,4-5,8,10,12H2,1H3/t13-,16-/m1/s1. The lowest BCUT2D eigenvalue weighted by Crippen LogP contribution is -2.41. The number of nitrogens with zero attached hydrogens (tertiary/aromatic N) is 2. The van der Waals surface area contributed by atoms with Crippen molar-refractivity contribution in [3.05, 3.63) is 52.2 Å². The fourth-order valence-electron chi connectivity index (χ4n) is 3.22. The normalized spacial score (nSPS) is 19.6. The molecule has 2 aromatic rings. The minimum absolute atomic E-state index is 0.0827. The van der Waals surface area contributed by atoms with Gasteiger partial charge in [0, 0.05) is 24.0 Å². The fraction of sp³-hybridized carbons (Fsp3) is 0.444. The first kappa shape index (κ1) is 16.1. The number of halogens is 1. The molecule has 0 N–H and O–H groups in total. The fourth-order valence-corrected chi connectivity index (χ4v) is 4.00. The van der Waals surface area contributed by atoms with Crippen LogP contribution in [0.4, 0.5) is 4.39 Å². The van der Waals surface area contributed by atoms with E-state index in [1.807, 2.05) is 23.3 Å². The van der Waals surface area contributed by atoms with Crippen LogP contribution in [-0.4, -0.2) is 22.3 Å². The zero-order chi connectivity index (χ0) is 16.2. The Morgan fingerprint density at radius 3 is 3.00 bits per heavy atom. The number of carbonyl (C=O) groups excluding carboxylic acids is 1. The Kier molecular flexibility index (Phi) is 5.06. The molecule has 0 unspecified atom stereocenters. The maximum atomic E-state index is 13.8. The van der Waals surface area contributed by atoms with Crippen LogP contribution < -0.4 is 0 Å². The molecule has 0 radical (unpaired) electrons. The molecule has 5 heteroatoms. The van der Waals surface area contributed by atoms with Crippen LogP contribution in [0.2, 0.25) is 0 Å². The van der Waals surface area contributed by atoms with Gasteiger partial charge in [0.25, 0.3) is 0 Å². The van der Waals surface area contributed by atoms with Crippen LogP contribution in [0.3, 0.4) is 0 Å². The van der Waals surface area contributed by atoms with Crippen LogP contribution >= 0.6 is 11.3 Å². The van der Waals surface area contributed by atoms with E-state index in [2.05, 4.69) is 4.98 Å². The summed E-state index contributed by atoms with van der Waals surface area (Å²) < 4.78 is 13.8. The Hall–Kier alpha value is -1.75. The number of hydrogen-bond donors (Lipinski definition) is 0. The number of benzene rings is 1. The van der Waals surface area contributed by atoms with Gasteiger partial charge in [0.15, 0.2) is 0 Å². The van der Waals surface area contributed by atoms with Gasteiger partial charge in [-0.2, -0.15) is 0 Å². The van der Waals surface area contributed by atoms with Crippen molar-refractivity contribution >= 4 is 17.2 Å². The van der Waals surface area contributed by atoms with E-state index in [0.717, 1.165) is 30.8 Å². The van der Waals surface area contributed by atoms with Crippen molar-refractivity contribution in [2.75, 3.05) is 6.54 Å². The van der Waals surface area contributed by atoms with Gasteiger partial charge in [0.05, 0.1) is 6.04 Å². The highest BCUT2D eigenvalue weighted by molar-refractivity contribution is 7.09. The van der Waals surface area contributed by atoms with E-state index in [1.54, 1.807) is 29.7 Å². The second-order valence-corrected chi connectivity index (χ2v) is 7.04. The predicted octanol–water partition coefficient (Wildman–Crippen LogP) is 4.21. The highest BCUT2D eigenvalue weighted by atomic mass is 32.1. The molecule has 1 aliphatic rings. The summed E-state index contributed by atoms with van der Waals surface area (Å²) in [4.78, 5) is 19.2. The van der Waals surface area contributed by atoms with Crippen molar-refractivity contribution in [1.29, 1.82) is 0 Å². The Morgan fingerprint density at radius 1 is 1.43 bits per heavy atom. The molecule has 0 saturated carbocycles. The molecule has 3 nitrogen and oxygen atoms in total. The minimum Gasteiger partial charge on any atom is -0.333 e. The Labute approximate surface area is 140 Å². The maximum Gasteiger partial charge on any atom is 0.226 e.